The average molecular weight is 288 g/mol. The second kappa shape index (κ2) is 6.02. The zero-order chi connectivity index (χ0) is 14.8. The molecule has 0 bridgehead atoms. The van der Waals surface area contributed by atoms with Crippen molar-refractivity contribution in [3.63, 3.8) is 0 Å². The lowest BCUT2D eigenvalue weighted by Crippen LogP contribution is -2.40. The highest BCUT2D eigenvalue weighted by Crippen LogP contribution is 2.29. The first kappa shape index (κ1) is 14.3. The van der Waals surface area contributed by atoms with E-state index in [1.165, 1.54) is 12.8 Å². The van der Waals surface area contributed by atoms with Crippen LogP contribution in [0.25, 0.3) is 5.52 Å². The van der Waals surface area contributed by atoms with Crippen LogP contribution in [0.2, 0.25) is 0 Å². The number of aliphatic hydroxyl groups excluding tert-OH is 1. The lowest BCUT2D eigenvalue weighted by molar-refractivity contribution is 0.262. The number of piperidine rings is 1. The highest BCUT2D eigenvalue weighted by molar-refractivity contribution is 5.69. The third-order valence-corrected chi connectivity index (χ3v) is 4.34. The van der Waals surface area contributed by atoms with Crippen LogP contribution >= 0.6 is 0 Å². The average Bonchev–Trinajstić information content (AvgIpc) is 2.92. The van der Waals surface area contributed by atoms with E-state index in [1.54, 1.807) is 0 Å². The molecule has 3 rings (SSSR count). The van der Waals surface area contributed by atoms with Gasteiger partial charge in [0.05, 0.1) is 5.69 Å². The first-order valence-corrected chi connectivity index (χ1v) is 7.92. The Hall–Kier alpha value is -1.62. The standard InChI is InChI=1S/C16H24N4O/c1-12(2)14-11-15-16(17-7-9-20(15)18-14)19-8-4-3-5-13(19)6-10-21/h7,9,11-13,21H,3-6,8,10H2,1-2H3. The number of nitrogens with zero attached hydrogens (tertiary/aromatic N) is 4. The van der Waals surface area contributed by atoms with Crippen LogP contribution in [-0.2, 0) is 0 Å². The van der Waals surface area contributed by atoms with E-state index in [0.717, 1.165) is 36.4 Å². The number of fused-ring (bicyclic) bond motifs is 1. The van der Waals surface area contributed by atoms with Crippen LogP contribution in [0.4, 0.5) is 5.82 Å². The normalized spacial score (nSPS) is 19.6. The largest absolute Gasteiger partial charge is 0.396 e. The van der Waals surface area contributed by atoms with E-state index in [4.69, 9.17) is 0 Å². The zero-order valence-corrected chi connectivity index (χ0v) is 12.9. The SMILES string of the molecule is CC(C)c1cc2c(N3CCCCC3CCO)nccn2n1. The fourth-order valence-electron chi connectivity index (χ4n) is 3.16. The number of anilines is 1. The van der Waals surface area contributed by atoms with E-state index in [0.29, 0.717) is 12.0 Å². The Morgan fingerprint density at radius 1 is 1.38 bits per heavy atom. The molecule has 1 saturated heterocycles. The van der Waals surface area contributed by atoms with Crippen molar-refractivity contribution >= 4 is 11.3 Å². The van der Waals surface area contributed by atoms with Crippen LogP contribution in [0.5, 0.6) is 0 Å². The summed E-state index contributed by atoms with van der Waals surface area (Å²) >= 11 is 0. The summed E-state index contributed by atoms with van der Waals surface area (Å²) in [5, 5.41) is 13.9. The van der Waals surface area contributed by atoms with Crippen molar-refractivity contribution in [2.45, 2.75) is 51.5 Å². The molecule has 1 N–H and O–H groups in total. The van der Waals surface area contributed by atoms with Crippen molar-refractivity contribution in [1.29, 1.82) is 0 Å². The highest BCUT2D eigenvalue weighted by atomic mass is 16.3. The molecule has 0 radical (unpaired) electrons. The molecule has 21 heavy (non-hydrogen) atoms. The molecule has 2 aromatic rings. The predicted molar refractivity (Wildman–Crippen MR) is 83.8 cm³/mol. The second-order valence-corrected chi connectivity index (χ2v) is 6.16. The number of hydrogen-bond donors (Lipinski definition) is 1. The Bertz CT molecular complexity index is 605. The second-order valence-electron chi connectivity index (χ2n) is 6.16. The maximum absolute atomic E-state index is 9.31. The van der Waals surface area contributed by atoms with Gasteiger partial charge in [0, 0.05) is 31.6 Å². The molecular formula is C16H24N4O. The topological polar surface area (TPSA) is 53.7 Å². The van der Waals surface area contributed by atoms with Gasteiger partial charge in [0.2, 0.25) is 0 Å². The first-order chi connectivity index (χ1) is 10.2. The van der Waals surface area contributed by atoms with E-state index >= 15 is 0 Å². The lowest BCUT2D eigenvalue weighted by Gasteiger charge is -2.36. The molecule has 1 atom stereocenters. The summed E-state index contributed by atoms with van der Waals surface area (Å²) in [6.45, 7) is 5.56. The molecule has 0 saturated carbocycles. The van der Waals surface area contributed by atoms with Gasteiger partial charge in [-0.25, -0.2) is 9.50 Å². The van der Waals surface area contributed by atoms with Gasteiger partial charge in [-0.1, -0.05) is 13.8 Å². The summed E-state index contributed by atoms with van der Waals surface area (Å²) in [5.74, 6) is 1.42. The van der Waals surface area contributed by atoms with Gasteiger partial charge in [-0.3, -0.25) is 0 Å². The van der Waals surface area contributed by atoms with Crippen LogP contribution < -0.4 is 4.90 Å². The molecule has 1 aliphatic rings. The van der Waals surface area contributed by atoms with E-state index in [9.17, 15) is 5.11 Å². The molecule has 0 spiro atoms. The Balaban J connectivity index is 2.01. The zero-order valence-electron chi connectivity index (χ0n) is 12.9. The molecule has 0 aromatic carbocycles. The molecule has 2 aromatic heterocycles. The summed E-state index contributed by atoms with van der Waals surface area (Å²) in [6, 6.07) is 2.54. The molecule has 5 nitrogen and oxygen atoms in total. The Morgan fingerprint density at radius 3 is 3.00 bits per heavy atom. The van der Waals surface area contributed by atoms with Crippen molar-refractivity contribution in [2.75, 3.05) is 18.1 Å². The minimum absolute atomic E-state index is 0.237. The van der Waals surface area contributed by atoms with Crippen LogP contribution in [0, 0.1) is 0 Å². The summed E-state index contributed by atoms with van der Waals surface area (Å²) in [5.41, 5.74) is 2.17. The number of rotatable bonds is 4. The molecule has 5 heteroatoms. The van der Waals surface area contributed by atoms with Gasteiger partial charge in [-0.2, -0.15) is 5.10 Å². The third-order valence-electron chi connectivity index (χ3n) is 4.34. The van der Waals surface area contributed by atoms with Gasteiger partial charge in [0.15, 0.2) is 5.82 Å². The molecule has 1 fully saturated rings. The fraction of sp³-hybridized carbons (Fsp3) is 0.625. The summed E-state index contributed by atoms with van der Waals surface area (Å²) in [4.78, 5) is 6.98. The van der Waals surface area contributed by atoms with Crippen molar-refractivity contribution in [1.82, 2.24) is 14.6 Å². The van der Waals surface area contributed by atoms with Crippen molar-refractivity contribution in [3.05, 3.63) is 24.2 Å². The predicted octanol–water partition coefficient (Wildman–Crippen LogP) is 2.59. The molecule has 1 aliphatic heterocycles. The lowest BCUT2D eigenvalue weighted by atomic mass is 9.99. The van der Waals surface area contributed by atoms with Gasteiger partial charge in [-0.05, 0) is 37.7 Å². The summed E-state index contributed by atoms with van der Waals surface area (Å²) in [6.07, 6.45) is 8.11. The maximum atomic E-state index is 9.31. The van der Waals surface area contributed by atoms with Crippen molar-refractivity contribution in [2.24, 2.45) is 0 Å². The van der Waals surface area contributed by atoms with Gasteiger partial charge < -0.3 is 10.0 Å². The van der Waals surface area contributed by atoms with Crippen LogP contribution in [-0.4, -0.2) is 38.9 Å². The van der Waals surface area contributed by atoms with E-state index in [2.05, 4.69) is 34.9 Å². The molecule has 0 amide bonds. The maximum Gasteiger partial charge on any atom is 0.154 e. The van der Waals surface area contributed by atoms with Crippen molar-refractivity contribution < 1.29 is 5.11 Å². The molecule has 1 unspecified atom stereocenters. The summed E-state index contributed by atoms with van der Waals surface area (Å²) < 4.78 is 1.93. The van der Waals surface area contributed by atoms with Gasteiger partial charge in [-0.15, -0.1) is 0 Å². The third kappa shape index (κ3) is 2.75. The van der Waals surface area contributed by atoms with E-state index in [1.807, 2.05) is 16.9 Å². The molecule has 3 heterocycles. The Labute approximate surface area is 125 Å². The fourth-order valence-corrected chi connectivity index (χ4v) is 3.16. The monoisotopic (exact) mass is 288 g/mol. The molecular weight excluding hydrogens is 264 g/mol. The number of aromatic nitrogens is 3. The molecule has 114 valence electrons. The quantitative estimate of drug-likeness (QED) is 0.939. The number of aliphatic hydroxyl groups is 1. The molecule has 0 aliphatic carbocycles. The summed E-state index contributed by atoms with van der Waals surface area (Å²) in [7, 11) is 0. The Kier molecular flexibility index (Phi) is 4.10. The van der Waals surface area contributed by atoms with Crippen LogP contribution in [0.1, 0.15) is 51.1 Å². The van der Waals surface area contributed by atoms with Crippen LogP contribution in [0.15, 0.2) is 18.5 Å². The van der Waals surface area contributed by atoms with Gasteiger partial charge >= 0.3 is 0 Å². The van der Waals surface area contributed by atoms with E-state index in [-0.39, 0.29) is 6.61 Å². The van der Waals surface area contributed by atoms with Crippen molar-refractivity contribution in [3.8, 4) is 0 Å². The number of hydrogen-bond acceptors (Lipinski definition) is 4. The van der Waals surface area contributed by atoms with Gasteiger partial charge in [0.1, 0.15) is 5.52 Å². The smallest absolute Gasteiger partial charge is 0.154 e. The minimum atomic E-state index is 0.237. The first-order valence-electron chi connectivity index (χ1n) is 7.92. The van der Waals surface area contributed by atoms with Crippen LogP contribution in [0.3, 0.4) is 0 Å². The highest BCUT2D eigenvalue weighted by Gasteiger charge is 2.25. The minimum Gasteiger partial charge on any atom is -0.396 e. The Morgan fingerprint density at radius 2 is 2.24 bits per heavy atom. The van der Waals surface area contributed by atoms with E-state index < -0.39 is 0 Å². The van der Waals surface area contributed by atoms with Gasteiger partial charge in [0.25, 0.3) is 0 Å².